The highest BCUT2D eigenvalue weighted by Crippen LogP contribution is 2.23. The number of rotatable bonds is 4. The van der Waals surface area contributed by atoms with E-state index in [9.17, 15) is 4.79 Å². The van der Waals surface area contributed by atoms with Gasteiger partial charge < -0.3 is 0 Å². The van der Waals surface area contributed by atoms with Gasteiger partial charge in [0.2, 0.25) is 5.91 Å². The lowest BCUT2D eigenvalue weighted by Gasteiger charge is -2.19. The first kappa shape index (κ1) is 14.5. The lowest BCUT2D eigenvalue weighted by molar-refractivity contribution is -0.125. The van der Waals surface area contributed by atoms with E-state index in [4.69, 9.17) is 0 Å². The molecule has 0 radical (unpaired) electrons. The quantitative estimate of drug-likeness (QED) is 0.656. The maximum absolute atomic E-state index is 11.9. The van der Waals surface area contributed by atoms with Crippen LogP contribution in [0.4, 0.5) is 0 Å². The molecule has 1 aromatic rings. The van der Waals surface area contributed by atoms with Gasteiger partial charge in [0.05, 0.1) is 5.71 Å². The minimum absolute atomic E-state index is 0.0668. The number of hydrazone groups is 1. The molecule has 0 bridgehead atoms. The van der Waals surface area contributed by atoms with E-state index in [1.807, 2.05) is 49.4 Å². The Hall–Kier alpha value is -1.90. The highest BCUT2D eigenvalue weighted by atomic mass is 16.2. The number of allylic oxidation sites excluding steroid dienone is 1. The van der Waals surface area contributed by atoms with E-state index < -0.39 is 0 Å². The molecule has 0 saturated heterocycles. The van der Waals surface area contributed by atoms with E-state index in [1.54, 1.807) is 0 Å². The second kappa shape index (κ2) is 7.63. The van der Waals surface area contributed by atoms with Gasteiger partial charge in [0.25, 0.3) is 0 Å². The fourth-order valence-electron chi connectivity index (χ4n) is 2.42. The number of carbonyl (C=O) groups excluding carboxylic acids is 1. The Morgan fingerprint density at radius 3 is 2.60 bits per heavy atom. The fourth-order valence-corrected chi connectivity index (χ4v) is 2.42. The molecule has 1 N–H and O–H groups in total. The molecule has 0 aromatic heterocycles. The van der Waals surface area contributed by atoms with Crippen LogP contribution < -0.4 is 5.43 Å². The molecule has 0 spiro atoms. The zero-order valence-corrected chi connectivity index (χ0v) is 12.0. The van der Waals surface area contributed by atoms with Crippen LogP contribution in [0.1, 0.15) is 44.6 Å². The molecule has 0 atom stereocenters. The molecule has 0 unspecified atom stereocenters. The Morgan fingerprint density at radius 2 is 1.90 bits per heavy atom. The van der Waals surface area contributed by atoms with Gasteiger partial charge in [-0.05, 0) is 31.4 Å². The minimum Gasteiger partial charge on any atom is -0.273 e. The van der Waals surface area contributed by atoms with Crippen LogP contribution in [0.3, 0.4) is 0 Å². The summed E-state index contributed by atoms with van der Waals surface area (Å²) in [6.45, 7) is 1.89. The van der Waals surface area contributed by atoms with Crippen molar-refractivity contribution >= 4 is 17.7 Å². The predicted molar refractivity (Wildman–Crippen MR) is 83.3 cm³/mol. The van der Waals surface area contributed by atoms with E-state index >= 15 is 0 Å². The smallest absolute Gasteiger partial charge is 0.243 e. The lowest BCUT2D eigenvalue weighted by atomic mass is 9.89. The maximum Gasteiger partial charge on any atom is 0.243 e. The summed E-state index contributed by atoms with van der Waals surface area (Å²) in [4.78, 5) is 11.9. The summed E-state index contributed by atoms with van der Waals surface area (Å²) in [6.07, 6.45) is 9.48. The van der Waals surface area contributed by atoms with Gasteiger partial charge in [0.1, 0.15) is 0 Å². The minimum atomic E-state index is 0.0668. The molecule has 106 valence electrons. The van der Waals surface area contributed by atoms with Crippen LogP contribution in [-0.4, -0.2) is 11.6 Å². The molecule has 1 aliphatic carbocycles. The first-order valence-electron chi connectivity index (χ1n) is 7.33. The van der Waals surface area contributed by atoms with Crippen molar-refractivity contribution in [3.05, 3.63) is 42.0 Å². The monoisotopic (exact) mass is 270 g/mol. The molecule has 2 rings (SSSR count). The summed E-state index contributed by atoms with van der Waals surface area (Å²) in [7, 11) is 0. The van der Waals surface area contributed by atoms with Crippen LogP contribution in [0, 0.1) is 5.92 Å². The van der Waals surface area contributed by atoms with E-state index in [0.29, 0.717) is 0 Å². The molecule has 0 aliphatic heterocycles. The molecule has 0 heterocycles. The summed E-state index contributed by atoms with van der Waals surface area (Å²) in [6, 6.07) is 10.0. The van der Waals surface area contributed by atoms with Crippen LogP contribution in [0.15, 0.2) is 41.5 Å². The summed E-state index contributed by atoms with van der Waals surface area (Å²) in [5.74, 6) is 0.218. The zero-order valence-electron chi connectivity index (χ0n) is 12.0. The zero-order chi connectivity index (χ0) is 14.2. The van der Waals surface area contributed by atoms with Crippen molar-refractivity contribution in [3.8, 4) is 0 Å². The Kier molecular flexibility index (Phi) is 5.54. The highest BCUT2D eigenvalue weighted by Gasteiger charge is 2.20. The lowest BCUT2D eigenvalue weighted by Crippen LogP contribution is -2.28. The van der Waals surface area contributed by atoms with E-state index in [1.165, 1.54) is 6.42 Å². The molecular formula is C17H22N2O. The summed E-state index contributed by atoms with van der Waals surface area (Å²) < 4.78 is 0. The normalized spacial score (nSPS) is 17.4. The molecule has 3 nitrogen and oxygen atoms in total. The molecule has 3 heteroatoms. The Bertz CT molecular complexity index is 485. The van der Waals surface area contributed by atoms with Crippen molar-refractivity contribution in [1.82, 2.24) is 5.43 Å². The number of amides is 1. The van der Waals surface area contributed by atoms with E-state index in [0.717, 1.165) is 37.0 Å². The predicted octanol–water partition coefficient (Wildman–Crippen LogP) is 3.77. The van der Waals surface area contributed by atoms with Crippen molar-refractivity contribution in [2.24, 2.45) is 11.0 Å². The van der Waals surface area contributed by atoms with Gasteiger partial charge in [-0.25, -0.2) is 5.43 Å². The average Bonchev–Trinajstić information content (AvgIpc) is 2.52. The molecule has 1 aromatic carbocycles. The second-order valence-corrected chi connectivity index (χ2v) is 5.31. The van der Waals surface area contributed by atoms with Gasteiger partial charge in [-0.15, -0.1) is 0 Å². The standard InChI is InChI=1S/C17H22N2O/c1-14(12-13-15-8-4-2-5-9-15)18-19-17(20)16-10-6-3-7-11-16/h2,4-5,8-9,12-13,16H,3,6-7,10-11H2,1H3,(H,19,20)/b13-12+,18-14-. The van der Waals surface area contributed by atoms with Crippen LogP contribution in [0.5, 0.6) is 0 Å². The summed E-state index contributed by atoms with van der Waals surface area (Å²) >= 11 is 0. The number of benzene rings is 1. The molecule has 1 fully saturated rings. The molecule has 1 amide bonds. The Morgan fingerprint density at radius 1 is 1.20 bits per heavy atom. The van der Waals surface area contributed by atoms with Crippen LogP contribution in [0.25, 0.3) is 6.08 Å². The third-order valence-electron chi connectivity index (χ3n) is 3.63. The number of hydrogen-bond donors (Lipinski definition) is 1. The highest BCUT2D eigenvalue weighted by molar-refractivity contribution is 5.97. The third-order valence-corrected chi connectivity index (χ3v) is 3.63. The summed E-state index contributed by atoms with van der Waals surface area (Å²) in [5.41, 5.74) is 4.62. The van der Waals surface area contributed by atoms with Crippen LogP contribution >= 0.6 is 0 Å². The van der Waals surface area contributed by atoms with Gasteiger partial charge in [0, 0.05) is 5.92 Å². The fraction of sp³-hybridized carbons (Fsp3) is 0.412. The number of hydrogen-bond acceptors (Lipinski definition) is 2. The molecular weight excluding hydrogens is 248 g/mol. The topological polar surface area (TPSA) is 41.5 Å². The average molecular weight is 270 g/mol. The third kappa shape index (κ3) is 4.65. The number of carbonyl (C=O) groups is 1. The molecule has 20 heavy (non-hydrogen) atoms. The second-order valence-electron chi connectivity index (χ2n) is 5.31. The van der Waals surface area contributed by atoms with Crippen molar-refractivity contribution in [1.29, 1.82) is 0 Å². The van der Waals surface area contributed by atoms with Gasteiger partial charge in [-0.3, -0.25) is 4.79 Å². The van der Waals surface area contributed by atoms with Gasteiger partial charge in [-0.1, -0.05) is 55.7 Å². The van der Waals surface area contributed by atoms with Crippen LogP contribution in [0.2, 0.25) is 0 Å². The number of nitrogens with one attached hydrogen (secondary N) is 1. The van der Waals surface area contributed by atoms with Gasteiger partial charge in [-0.2, -0.15) is 5.10 Å². The van der Waals surface area contributed by atoms with Crippen LogP contribution in [-0.2, 0) is 4.79 Å². The number of nitrogens with zero attached hydrogens (tertiary/aromatic N) is 1. The van der Waals surface area contributed by atoms with Crippen molar-refractivity contribution < 1.29 is 4.79 Å². The first-order chi connectivity index (χ1) is 9.75. The molecule has 1 aliphatic rings. The van der Waals surface area contributed by atoms with Gasteiger partial charge in [0.15, 0.2) is 0 Å². The maximum atomic E-state index is 11.9. The van der Waals surface area contributed by atoms with Crippen molar-refractivity contribution in [2.75, 3.05) is 0 Å². The molecule has 1 saturated carbocycles. The Balaban J connectivity index is 1.84. The van der Waals surface area contributed by atoms with Gasteiger partial charge >= 0.3 is 0 Å². The largest absolute Gasteiger partial charge is 0.273 e. The van der Waals surface area contributed by atoms with Crippen molar-refractivity contribution in [3.63, 3.8) is 0 Å². The Labute approximate surface area is 120 Å². The van der Waals surface area contributed by atoms with E-state index in [2.05, 4.69) is 10.5 Å². The SMILES string of the molecule is CC(/C=C/c1ccccc1)=N/NC(=O)C1CCCCC1. The van der Waals surface area contributed by atoms with E-state index in [-0.39, 0.29) is 11.8 Å². The first-order valence-corrected chi connectivity index (χ1v) is 7.33. The van der Waals surface area contributed by atoms with Crippen molar-refractivity contribution in [2.45, 2.75) is 39.0 Å². The summed E-state index contributed by atoms with van der Waals surface area (Å²) in [5, 5.41) is 4.14.